The van der Waals surface area contributed by atoms with Crippen LogP contribution in [-0.4, -0.2) is 35.7 Å². The standard InChI is InChI=1S/C15H23FN2O/c1-12(11-18-7-3-2-4-8-18)17-10-13-5-6-15(19)14(16)9-13/h5-6,9,12,17,19H,2-4,7-8,10-11H2,1H3. The molecule has 2 rings (SSSR count). The summed E-state index contributed by atoms with van der Waals surface area (Å²) in [5.41, 5.74) is 0.862. The van der Waals surface area contributed by atoms with Crippen molar-refractivity contribution in [1.82, 2.24) is 10.2 Å². The van der Waals surface area contributed by atoms with E-state index in [1.54, 1.807) is 6.07 Å². The Bertz CT molecular complexity index is 405. The molecule has 1 aliphatic heterocycles. The number of rotatable bonds is 5. The largest absolute Gasteiger partial charge is 0.505 e. The molecule has 0 aliphatic carbocycles. The van der Waals surface area contributed by atoms with Gasteiger partial charge in [-0.1, -0.05) is 12.5 Å². The van der Waals surface area contributed by atoms with Gasteiger partial charge in [0, 0.05) is 19.1 Å². The first-order valence-corrected chi connectivity index (χ1v) is 7.08. The molecule has 0 saturated carbocycles. The summed E-state index contributed by atoms with van der Waals surface area (Å²) in [6.07, 6.45) is 3.96. The molecule has 4 heteroatoms. The van der Waals surface area contributed by atoms with E-state index in [2.05, 4.69) is 17.1 Å². The zero-order chi connectivity index (χ0) is 13.7. The number of phenols is 1. The van der Waals surface area contributed by atoms with Crippen LogP contribution in [0.3, 0.4) is 0 Å². The molecule has 1 fully saturated rings. The zero-order valence-corrected chi connectivity index (χ0v) is 11.5. The first-order chi connectivity index (χ1) is 9.15. The Hall–Kier alpha value is -1.13. The molecule has 106 valence electrons. The van der Waals surface area contributed by atoms with Gasteiger partial charge in [0.1, 0.15) is 0 Å². The quantitative estimate of drug-likeness (QED) is 0.859. The summed E-state index contributed by atoms with van der Waals surface area (Å²) in [7, 11) is 0. The van der Waals surface area contributed by atoms with Crippen LogP contribution in [0, 0.1) is 5.82 Å². The molecule has 2 N–H and O–H groups in total. The Morgan fingerprint density at radius 2 is 2.05 bits per heavy atom. The molecule has 1 aromatic carbocycles. The molecule has 0 spiro atoms. The molecule has 1 aliphatic rings. The monoisotopic (exact) mass is 266 g/mol. The van der Waals surface area contributed by atoms with Crippen LogP contribution in [0.25, 0.3) is 0 Å². The molecule has 0 bridgehead atoms. The van der Waals surface area contributed by atoms with E-state index in [9.17, 15) is 4.39 Å². The van der Waals surface area contributed by atoms with Crippen LogP contribution in [0.15, 0.2) is 18.2 Å². The van der Waals surface area contributed by atoms with E-state index in [4.69, 9.17) is 5.11 Å². The van der Waals surface area contributed by atoms with Crippen LogP contribution in [0.4, 0.5) is 4.39 Å². The molecule has 1 aromatic rings. The summed E-state index contributed by atoms with van der Waals surface area (Å²) in [5.74, 6) is -0.840. The van der Waals surface area contributed by atoms with E-state index in [0.717, 1.165) is 12.1 Å². The molecule has 1 unspecified atom stereocenters. The molecular formula is C15H23FN2O. The number of likely N-dealkylation sites (tertiary alicyclic amines) is 1. The van der Waals surface area contributed by atoms with Gasteiger partial charge in [-0.25, -0.2) is 4.39 Å². The summed E-state index contributed by atoms with van der Waals surface area (Å²) >= 11 is 0. The summed E-state index contributed by atoms with van der Waals surface area (Å²) in [6, 6.07) is 4.92. The number of nitrogens with one attached hydrogen (secondary N) is 1. The molecule has 0 amide bonds. The second-order valence-corrected chi connectivity index (χ2v) is 5.43. The third-order valence-electron chi connectivity index (χ3n) is 3.65. The van der Waals surface area contributed by atoms with Gasteiger partial charge < -0.3 is 15.3 Å². The Morgan fingerprint density at radius 3 is 2.74 bits per heavy atom. The van der Waals surface area contributed by atoms with Gasteiger partial charge in [-0.2, -0.15) is 0 Å². The van der Waals surface area contributed by atoms with Crippen molar-refractivity contribution in [2.45, 2.75) is 38.8 Å². The fourth-order valence-corrected chi connectivity index (χ4v) is 2.55. The van der Waals surface area contributed by atoms with Crippen LogP contribution in [0.2, 0.25) is 0 Å². The number of benzene rings is 1. The van der Waals surface area contributed by atoms with Crippen molar-refractivity contribution in [3.05, 3.63) is 29.6 Å². The highest BCUT2D eigenvalue weighted by molar-refractivity contribution is 5.27. The summed E-state index contributed by atoms with van der Waals surface area (Å²) in [5, 5.41) is 12.5. The minimum Gasteiger partial charge on any atom is -0.505 e. The molecule has 1 saturated heterocycles. The highest BCUT2D eigenvalue weighted by Crippen LogP contribution is 2.16. The number of phenolic OH excluding ortho intramolecular Hbond substituents is 1. The zero-order valence-electron chi connectivity index (χ0n) is 11.5. The van der Waals surface area contributed by atoms with Crippen molar-refractivity contribution >= 4 is 0 Å². The summed E-state index contributed by atoms with van der Waals surface area (Å²) < 4.78 is 13.2. The Kier molecular flexibility index (Phi) is 5.16. The predicted octanol–water partition coefficient (Wildman–Crippen LogP) is 2.50. The second kappa shape index (κ2) is 6.87. The van der Waals surface area contributed by atoms with Crippen molar-refractivity contribution < 1.29 is 9.50 Å². The number of hydrogen-bond acceptors (Lipinski definition) is 3. The van der Waals surface area contributed by atoms with Gasteiger partial charge >= 0.3 is 0 Å². The lowest BCUT2D eigenvalue weighted by Crippen LogP contribution is -2.41. The first-order valence-electron chi connectivity index (χ1n) is 7.08. The Balaban J connectivity index is 1.75. The van der Waals surface area contributed by atoms with Crippen LogP contribution < -0.4 is 5.32 Å². The third-order valence-corrected chi connectivity index (χ3v) is 3.65. The average molecular weight is 266 g/mol. The SMILES string of the molecule is CC(CN1CCCCC1)NCc1ccc(O)c(F)c1. The van der Waals surface area contributed by atoms with Gasteiger partial charge in [0.25, 0.3) is 0 Å². The summed E-state index contributed by atoms with van der Waals surface area (Å²) in [4.78, 5) is 2.48. The van der Waals surface area contributed by atoms with Gasteiger partial charge in [-0.15, -0.1) is 0 Å². The molecule has 19 heavy (non-hydrogen) atoms. The van der Waals surface area contributed by atoms with Gasteiger partial charge in [0.2, 0.25) is 0 Å². The van der Waals surface area contributed by atoms with Crippen LogP contribution in [0.5, 0.6) is 5.75 Å². The Labute approximate surface area is 114 Å². The normalized spacial score (nSPS) is 18.4. The molecule has 0 aromatic heterocycles. The molecule has 3 nitrogen and oxygen atoms in total. The number of aromatic hydroxyl groups is 1. The first kappa shape index (κ1) is 14.3. The smallest absolute Gasteiger partial charge is 0.165 e. The molecule has 1 heterocycles. The van der Waals surface area contributed by atoms with Crippen LogP contribution in [0.1, 0.15) is 31.7 Å². The van der Waals surface area contributed by atoms with E-state index in [1.165, 1.54) is 44.5 Å². The molecule has 0 radical (unpaired) electrons. The molecular weight excluding hydrogens is 243 g/mol. The number of piperidine rings is 1. The van der Waals surface area contributed by atoms with E-state index in [-0.39, 0.29) is 5.75 Å². The van der Waals surface area contributed by atoms with Crippen LogP contribution >= 0.6 is 0 Å². The van der Waals surface area contributed by atoms with E-state index in [0.29, 0.717) is 12.6 Å². The summed E-state index contributed by atoms with van der Waals surface area (Å²) in [6.45, 7) is 6.22. The van der Waals surface area contributed by atoms with Gasteiger partial charge in [0.15, 0.2) is 11.6 Å². The predicted molar refractivity (Wildman–Crippen MR) is 74.7 cm³/mol. The lowest BCUT2D eigenvalue weighted by molar-refractivity contribution is 0.209. The maximum Gasteiger partial charge on any atom is 0.165 e. The Morgan fingerprint density at radius 1 is 1.32 bits per heavy atom. The fourth-order valence-electron chi connectivity index (χ4n) is 2.55. The second-order valence-electron chi connectivity index (χ2n) is 5.43. The van der Waals surface area contributed by atoms with Crippen molar-refractivity contribution in [1.29, 1.82) is 0 Å². The maximum atomic E-state index is 13.2. The van der Waals surface area contributed by atoms with Crippen molar-refractivity contribution in [2.75, 3.05) is 19.6 Å². The number of halogens is 1. The van der Waals surface area contributed by atoms with E-state index >= 15 is 0 Å². The highest BCUT2D eigenvalue weighted by atomic mass is 19.1. The van der Waals surface area contributed by atoms with Gasteiger partial charge in [-0.05, 0) is 50.6 Å². The van der Waals surface area contributed by atoms with Crippen molar-refractivity contribution in [2.24, 2.45) is 0 Å². The maximum absolute atomic E-state index is 13.2. The van der Waals surface area contributed by atoms with Crippen LogP contribution in [-0.2, 0) is 6.54 Å². The van der Waals surface area contributed by atoms with Gasteiger partial charge in [-0.3, -0.25) is 0 Å². The minimum atomic E-state index is -0.553. The van der Waals surface area contributed by atoms with E-state index in [1.807, 2.05) is 0 Å². The number of hydrogen-bond donors (Lipinski definition) is 2. The highest BCUT2D eigenvalue weighted by Gasteiger charge is 2.13. The molecule has 1 atom stereocenters. The lowest BCUT2D eigenvalue weighted by Gasteiger charge is -2.29. The number of nitrogens with zero attached hydrogens (tertiary/aromatic N) is 1. The van der Waals surface area contributed by atoms with E-state index < -0.39 is 5.82 Å². The van der Waals surface area contributed by atoms with Gasteiger partial charge in [0.05, 0.1) is 0 Å². The average Bonchev–Trinajstić information content (AvgIpc) is 2.41. The topological polar surface area (TPSA) is 35.5 Å². The lowest BCUT2D eigenvalue weighted by atomic mass is 10.1. The third kappa shape index (κ3) is 4.48. The fraction of sp³-hybridized carbons (Fsp3) is 0.600. The minimum absolute atomic E-state index is 0.287. The van der Waals surface area contributed by atoms with Crippen molar-refractivity contribution in [3.63, 3.8) is 0 Å². The van der Waals surface area contributed by atoms with Crippen molar-refractivity contribution in [3.8, 4) is 5.75 Å².